The predicted molar refractivity (Wildman–Crippen MR) is 82.5 cm³/mol. The zero-order valence-electron chi connectivity index (χ0n) is 12.5. The minimum Gasteiger partial charge on any atom is -0.324 e. The van der Waals surface area contributed by atoms with Crippen LogP contribution in [0.1, 0.15) is 38.7 Å². The van der Waals surface area contributed by atoms with Crippen molar-refractivity contribution in [3.05, 3.63) is 29.8 Å². The molecule has 4 nitrogen and oxygen atoms in total. The van der Waals surface area contributed by atoms with E-state index in [4.69, 9.17) is 5.73 Å². The lowest BCUT2D eigenvalue weighted by Crippen LogP contribution is -2.56. The molecule has 1 aliphatic rings. The minimum atomic E-state index is -0.650. The summed E-state index contributed by atoms with van der Waals surface area (Å²) in [6, 6.07) is 7.98. The van der Waals surface area contributed by atoms with Gasteiger partial charge in [-0.15, -0.1) is 0 Å². The van der Waals surface area contributed by atoms with Crippen molar-refractivity contribution < 1.29 is 4.79 Å². The first-order valence-corrected chi connectivity index (χ1v) is 7.49. The van der Waals surface area contributed by atoms with Gasteiger partial charge < -0.3 is 11.1 Å². The largest absolute Gasteiger partial charge is 0.324 e. The van der Waals surface area contributed by atoms with E-state index >= 15 is 0 Å². The average Bonchev–Trinajstić information content (AvgIpc) is 2.43. The molecule has 0 atom stereocenters. The second kappa shape index (κ2) is 6.37. The summed E-state index contributed by atoms with van der Waals surface area (Å²) in [7, 11) is 0. The van der Waals surface area contributed by atoms with Crippen LogP contribution in [0.15, 0.2) is 24.3 Å². The molecule has 0 aliphatic heterocycles. The molecular formula is C16H25N3O. The number of amides is 1. The van der Waals surface area contributed by atoms with E-state index in [9.17, 15) is 4.79 Å². The van der Waals surface area contributed by atoms with Crippen LogP contribution in [0.5, 0.6) is 0 Å². The first-order valence-electron chi connectivity index (χ1n) is 7.49. The molecule has 2 rings (SSSR count). The third kappa shape index (κ3) is 3.19. The minimum absolute atomic E-state index is 0.0456. The second-order valence-corrected chi connectivity index (χ2v) is 5.58. The van der Waals surface area contributed by atoms with Gasteiger partial charge in [0.15, 0.2) is 0 Å². The maximum Gasteiger partial charge on any atom is 0.244 e. The summed E-state index contributed by atoms with van der Waals surface area (Å²) in [5.41, 5.74) is 7.46. The van der Waals surface area contributed by atoms with Crippen molar-refractivity contribution in [2.75, 3.05) is 18.4 Å². The number of nitrogens with zero attached hydrogens (tertiary/aromatic N) is 1. The highest BCUT2D eigenvalue weighted by Gasteiger charge is 2.40. The quantitative estimate of drug-likeness (QED) is 0.838. The fraction of sp³-hybridized carbons (Fsp3) is 0.562. The fourth-order valence-corrected chi connectivity index (χ4v) is 2.50. The van der Waals surface area contributed by atoms with Crippen LogP contribution < -0.4 is 11.1 Å². The van der Waals surface area contributed by atoms with E-state index in [2.05, 4.69) is 30.1 Å². The molecule has 110 valence electrons. The Morgan fingerprint density at radius 1 is 1.30 bits per heavy atom. The summed E-state index contributed by atoms with van der Waals surface area (Å²) in [5.74, 6) is -0.0456. The summed E-state index contributed by atoms with van der Waals surface area (Å²) < 4.78 is 0. The average molecular weight is 275 g/mol. The Labute approximate surface area is 121 Å². The van der Waals surface area contributed by atoms with E-state index in [1.54, 1.807) is 0 Å². The van der Waals surface area contributed by atoms with Crippen molar-refractivity contribution in [2.45, 2.75) is 45.2 Å². The normalized spacial score (nSPS) is 16.8. The Balaban J connectivity index is 2.09. The monoisotopic (exact) mass is 275 g/mol. The molecule has 0 heterocycles. The molecule has 0 radical (unpaired) electrons. The Kier molecular flexibility index (Phi) is 4.78. The number of para-hydroxylation sites is 1. The third-order valence-corrected chi connectivity index (χ3v) is 4.25. The van der Waals surface area contributed by atoms with E-state index in [1.165, 1.54) is 0 Å². The van der Waals surface area contributed by atoms with Gasteiger partial charge in [0.1, 0.15) is 0 Å². The zero-order valence-corrected chi connectivity index (χ0v) is 12.5. The fourth-order valence-electron chi connectivity index (χ4n) is 2.50. The van der Waals surface area contributed by atoms with Crippen molar-refractivity contribution in [3.63, 3.8) is 0 Å². The molecule has 0 saturated heterocycles. The number of hydrogen-bond acceptors (Lipinski definition) is 3. The van der Waals surface area contributed by atoms with Gasteiger partial charge in [0.2, 0.25) is 5.91 Å². The first-order chi connectivity index (χ1) is 9.59. The molecule has 0 unspecified atom stereocenters. The number of nitrogens with one attached hydrogen (secondary N) is 1. The van der Waals surface area contributed by atoms with E-state index in [0.717, 1.165) is 50.1 Å². The van der Waals surface area contributed by atoms with Gasteiger partial charge in [-0.2, -0.15) is 0 Å². The number of nitrogens with two attached hydrogens (primary N) is 1. The van der Waals surface area contributed by atoms with Crippen LogP contribution in [0.2, 0.25) is 0 Å². The van der Waals surface area contributed by atoms with E-state index in [1.807, 2.05) is 18.2 Å². The van der Waals surface area contributed by atoms with Crippen molar-refractivity contribution >= 4 is 11.6 Å². The first kappa shape index (κ1) is 15.0. The summed E-state index contributed by atoms with van der Waals surface area (Å²) in [6.07, 6.45) is 2.62. The highest BCUT2D eigenvalue weighted by molar-refractivity contribution is 5.99. The Morgan fingerprint density at radius 3 is 2.50 bits per heavy atom. The van der Waals surface area contributed by atoms with Crippen molar-refractivity contribution in [2.24, 2.45) is 5.73 Å². The number of anilines is 1. The molecule has 0 spiro atoms. The summed E-state index contributed by atoms with van der Waals surface area (Å²) in [5, 5.41) is 3.02. The molecule has 1 amide bonds. The Morgan fingerprint density at radius 2 is 1.95 bits per heavy atom. The number of hydrogen-bond donors (Lipinski definition) is 2. The van der Waals surface area contributed by atoms with Gasteiger partial charge >= 0.3 is 0 Å². The number of carbonyl (C=O) groups is 1. The lowest BCUT2D eigenvalue weighted by molar-refractivity contribution is -0.123. The standard InChI is InChI=1S/C16H25N3O/c1-3-19(4-2)12-13-8-5-6-9-14(13)18-15(20)16(17)10-7-11-16/h5-6,8-9H,3-4,7,10-12,17H2,1-2H3,(H,18,20). The van der Waals surface area contributed by atoms with Crippen molar-refractivity contribution in [1.29, 1.82) is 0 Å². The molecule has 1 aromatic carbocycles. The maximum absolute atomic E-state index is 12.2. The van der Waals surface area contributed by atoms with Crippen LogP contribution in [0.3, 0.4) is 0 Å². The van der Waals surface area contributed by atoms with E-state index in [-0.39, 0.29) is 5.91 Å². The Bertz CT molecular complexity index is 465. The van der Waals surface area contributed by atoms with Crippen molar-refractivity contribution in [3.8, 4) is 0 Å². The summed E-state index contributed by atoms with van der Waals surface area (Å²) >= 11 is 0. The van der Waals surface area contributed by atoms with Crippen LogP contribution in [-0.4, -0.2) is 29.4 Å². The van der Waals surface area contributed by atoms with Crippen LogP contribution in [0, 0.1) is 0 Å². The van der Waals surface area contributed by atoms with Crippen LogP contribution in [-0.2, 0) is 11.3 Å². The molecule has 1 fully saturated rings. The van der Waals surface area contributed by atoms with Gasteiger partial charge in [-0.1, -0.05) is 32.0 Å². The molecule has 3 N–H and O–H groups in total. The lowest BCUT2D eigenvalue weighted by atomic mass is 9.77. The molecule has 0 aromatic heterocycles. The van der Waals surface area contributed by atoms with Gasteiger partial charge in [-0.05, 0) is 44.0 Å². The molecule has 20 heavy (non-hydrogen) atoms. The zero-order chi connectivity index (χ0) is 14.6. The van der Waals surface area contributed by atoms with Gasteiger partial charge in [0, 0.05) is 12.2 Å². The maximum atomic E-state index is 12.2. The molecule has 1 saturated carbocycles. The highest BCUT2D eigenvalue weighted by Crippen LogP contribution is 2.30. The smallest absolute Gasteiger partial charge is 0.244 e. The van der Waals surface area contributed by atoms with Gasteiger partial charge in [-0.25, -0.2) is 0 Å². The molecule has 4 heteroatoms. The van der Waals surface area contributed by atoms with Crippen molar-refractivity contribution in [1.82, 2.24) is 4.90 Å². The van der Waals surface area contributed by atoms with E-state index in [0.29, 0.717) is 0 Å². The lowest BCUT2D eigenvalue weighted by Gasteiger charge is -2.36. The number of carbonyl (C=O) groups excluding carboxylic acids is 1. The van der Waals surface area contributed by atoms with Crippen LogP contribution in [0.25, 0.3) is 0 Å². The van der Waals surface area contributed by atoms with Crippen LogP contribution >= 0.6 is 0 Å². The molecule has 1 aromatic rings. The number of rotatable bonds is 6. The second-order valence-electron chi connectivity index (χ2n) is 5.58. The molecular weight excluding hydrogens is 250 g/mol. The SMILES string of the molecule is CCN(CC)Cc1ccccc1NC(=O)C1(N)CCC1. The summed E-state index contributed by atoms with van der Waals surface area (Å²) in [4.78, 5) is 14.6. The van der Waals surface area contributed by atoms with Crippen LogP contribution in [0.4, 0.5) is 5.69 Å². The Hall–Kier alpha value is -1.39. The summed E-state index contributed by atoms with van der Waals surface area (Å²) in [6.45, 7) is 7.14. The topological polar surface area (TPSA) is 58.4 Å². The molecule has 1 aliphatic carbocycles. The third-order valence-electron chi connectivity index (χ3n) is 4.25. The van der Waals surface area contributed by atoms with E-state index < -0.39 is 5.54 Å². The number of benzene rings is 1. The van der Waals surface area contributed by atoms with Gasteiger partial charge in [0.25, 0.3) is 0 Å². The van der Waals surface area contributed by atoms with Gasteiger partial charge in [-0.3, -0.25) is 9.69 Å². The predicted octanol–water partition coefficient (Wildman–Crippen LogP) is 2.35. The highest BCUT2D eigenvalue weighted by atomic mass is 16.2. The molecule has 0 bridgehead atoms. The van der Waals surface area contributed by atoms with Gasteiger partial charge in [0.05, 0.1) is 5.54 Å².